The van der Waals surface area contributed by atoms with Gasteiger partial charge in [0, 0.05) is 5.92 Å². The highest BCUT2D eigenvalue weighted by Crippen LogP contribution is 2.49. The zero-order valence-electron chi connectivity index (χ0n) is 12.7. The quantitative estimate of drug-likeness (QED) is 0.903. The van der Waals surface area contributed by atoms with E-state index in [-0.39, 0.29) is 17.7 Å². The van der Waals surface area contributed by atoms with Gasteiger partial charge in [-0.15, -0.1) is 0 Å². The fourth-order valence-electron chi connectivity index (χ4n) is 2.75. The predicted octanol–water partition coefficient (Wildman–Crippen LogP) is 3.79. The Labute approximate surface area is 131 Å². The maximum atomic E-state index is 12.8. The number of rotatable bonds is 3. The molecule has 0 unspecified atom stereocenters. The Hall–Kier alpha value is -2.31. The number of hydrogen-bond donors (Lipinski definition) is 2. The first-order chi connectivity index (χ1) is 10.8. The van der Waals surface area contributed by atoms with Crippen molar-refractivity contribution in [2.75, 3.05) is 5.32 Å². The number of halogens is 3. The molecule has 1 aromatic heterocycles. The fraction of sp³-hybridized carbons (Fsp3) is 0.375. The number of anilines is 1. The SMILES string of the molecule is Cc1n[nH]c(C)c1NC(=O)[C@@H]1C[C@@H]1c1cccc(C(F)(F)F)c1. The zero-order chi connectivity index (χ0) is 16.8. The van der Waals surface area contributed by atoms with Crippen molar-refractivity contribution in [2.45, 2.75) is 32.4 Å². The van der Waals surface area contributed by atoms with Gasteiger partial charge in [0.25, 0.3) is 0 Å². The van der Waals surface area contributed by atoms with Crippen LogP contribution in [-0.4, -0.2) is 16.1 Å². The molecule has 1 heterocycles. The van der Waals surface area contributed by atoms with E-state index in [0.29, 0.717) is 23.4 Å². The molecule has 4 nitrogen and oxygen atoms in total. The predicted molar refractivity (Wildman–Crippen MR) is 79.0 cm³/mol. The standard InChI is InChI=1S/C16H16F3N3O/c1-8-14(9(2)22-21-8)20-15(23)13-7-12(13)10-4-3-5-11(6-10)16(17,18)19/h3-6,12-13H,7H2,1-2H3,(H,20,23)(H,21,22)/t12-,13-/m1/s1. The minimum absolute atomic E-state index is 0.162. The highest BCUT2D eigenvalue weighted by molar-refractivity contribution is 5.96. The third kappa shape index (κ3) is 3.09. The number of alkyl halides is 3. The maximum Gasteiger partial charge on any atom is 0.416 e. The third-order valence-electron chi connectivity index (χ3n) is 4.15. The third-order valence-corrected chi connectivity index (χ3v) is 4.15. The second kappa shape index (κ2) is 5.40. The summed E-state index contributed by atoms with van der Waals surface area (Å²) in [6, 6.07) is 5.20. The summed E-state index contributed by atoms with van der Waals surface area (Å²) in [6.07, 6.45) is -3.81. The second-order valence-corrected chi connectivity index (χ2v) is 5.87. The molecule has 0 aliphatic heterocycles. The van der Waals surface area contributed by atoms with E-state index >= 15 is 0 Å². The van der Waals surface area contributed by atoms with E-state index in [1.165, 1.54) is 6.07 Å². The van der Waals surface area contributed by atoms with Crippen LogP contribution in [0.25, 0.3) is 0 Å². The highest BCUT2D eigenvalue weighted by Gasteiger charge is 2.45. The van der Waals surface area contributed by atoms with Crippen molar-refractivity contribution in [1.29, 1.82) is 0 Å². The number of amides is 1. The summed E-state index contributed by atoms with van der Waals surface area (Å²) in [6.45, 7) is 3.57. The summed E-state index contributed by atoms with van der Waals surface area (Å²) in [7, 11) is 0. The minimum atomic E-state index is -4.37. The molecule has 1 aliphatic carbocycles. The first-order valence-electron chi connectivity index (χ1n) is 7.27. The number of nitrogens with zero attached hydrogens (tertiary/aromatic N) is 1. The number of benzene rings is 1. The summed E-state index contributed by atoms with van der Waals surface area (Å²) in [5.41, 5.74) is 1.96. The van der Waals surface area contributed by atoms with Crippen LogP contribution in [0, 0.1) is 19.8 Å². The van der Waals surface area contributed by atoms with Gasteiger partial charge in [0.05, 0.1) is 22.6 Å². The Morgan fingerprint density at radius 3 is 2.70 bits per heavy atom. The molecule has 0 saturated heterocycles. The van der Waals surface area contributed by atoms with Gasteiger partial charge in [-0.25, -0.2) is 0 Å². The number of hydrogen-bond acceptors (Lipinski definition) is 2. The Bertz CT molecular complexity index is 732. The zero-order valence-corrected chi connectivity index (χ0v) is 12.7. The Morgan fingerprint density at radius 2 is 2.09 bits per heavy atom. The van der Waals surface area contributed by atoms with Gasteiger partial charge >= 0.3 is 6.18 Å². The number of aryl methyl sites for hydroxylation is 2. The van der Waals surface area contributed by atoms with Crippen LogP contribution in [0.15, 0.2) is 24.3 Å². The molecule has 1 saturated carbocycles. The number of carbonyl (C=O) groups is 1. The second-order valence-electron chi connectivity index (χ2n) is 5.87. The average Bonchev–Trinajstić information content (AvgIpc) is 3.24. The molecule has 7 heteroatoms. The van der Waals surface area contributed by atoms with Gasteiger partial charge in [-0.3, -0.25) is 9.89 Å². The number of aromatic nitrogens is 2. The van der Waals surface area contributed by atoms with Crippen molar-refractivity contribution in [2.24, 2.45) is 5.92 Å². The molecule has 1 aromatic carbocycles. The van der Waals surface area contributed by atoms with Crippen molar-refractivity contribution in [3.8, 4) is 0 Å². The van der Waals surface area contributed by atoms with E-state index in [1.54, 1.807) is 19.9 Å². The molecule has 23 heavy (non-hydrogen) atoms. The molecule has 3 rings (SSSR count). The van der Waals surface area contributed by atoms with Gasteiger partial charge in [-0.05, 0) is 37.8 Å². The Balaban J connectivity index is 1.71. The molecule has 122 valence electrons. The van der Waals surface area contributed by atoms with Crippen LogP contribution in [0.3, 0.4) is 0 Å². The van der Waals surface area contributed by atoms with E-state index in [4.69, 9.17) is 0 Å². The molecule has 2 N–H and O–H groups in total. The van der Waals surface area contributed by atoms with Gasteiger partial charge in [0.2, 0.25) is 5.91 Å². The first kappa shape index (κ1) is 15.6. The molecule has 2 aromatic rings. The summed E-state index contributed by atoms with van der Waals surface area (Å²) >= 11 is 0. The van der Waals surface area contributed by atoms with Gasteiger partial charge in [0.1, 0.15) is 0 Å². The van der Waals surface area contributed by atoms with Crippen molar-refractivity contribution in [3.05, 3.63) is 46.8 Å². The van der Waals surface area contributed by atoms with Gasteiger partial charge in [-0.1, -0.05) is 18.2 Å². The lowest BCUT2D eigenvalue weighted by molar-refractivity contribution is -0.137. The topological polar surface area (TPSA) is 57.8 Å². The largest absolute Gasteiger partial charge is 0.416 e. The lowest BCUT2D eigenvalue weighted by atomic mass is 10.1. The van der Waals surface area contributed by atoms with E-state index in [0.717, 1.165) is 17.8 Å². The fourth-order valence-corrected chi connectivity index (χ4v) is 2.75. The number of H-pyrrole nitrogens is 1. The molecule has 1 amide bonds. The van der Waals surface area contributed by atoms with E-state index < -0.39 is 11.7 Å². The van der Waals surface area contributed by atoms with Gasteiger partial charge < -0.3 is 5.32 Å². The van der Waals surface area contributed by atoms with Crippen LogP contribution in [0.2, 0.25) is 0 Å². The number of aromatic amines is 1. The normalized spacial score (nSPS) is 20.4. The molecule has 2 atom stereocenters. The molecule has 0 spiro atoms. The van der Waals surface area contributed by atoms with Gasteiger partial charge in [-0.2, -0.15) is 18.3 Å². The van der Waals surface area contributed by atoms with E-state index in [9.17, 15) is 18.0 Å². The van der Waals surface area contributed by atoms with Crippen LogP contribution < -0.4 is 5.32 Å². The smallest absolute Gasteiger partial charge is 0.323 e. The average molecular weight is 323 g/mol. The molecule has 0 radical (unpaired) electrons. The number of nitrogens with one attached hydrogen (secondary N) is 2. The number of carbonyl (C=O) groups excluding carboxylic acids is 1. The summed E-state index contributed by atoms with van der Waals surface area (Å²) < 4.78 is 38.3. The molecule has 0 bridgehead atoms. The lowest BCUT2D eigenvalue weighted by Crippen LogP contribution is -2.15. The van der Waals surface area contributed by atoms with E-state index in [2.05, 4.69) is 15.5 Å². The van der Waals surface area contributed by atoms with Gasteiger partial charge in [0.15, 0.2) is 0 Å². The first-order valence-corrected chi connectivity index (χ1v) is 7.27. The summed E-state index contributed by atoms with van der Waals surface area (Å²) in [4.78, 5) is 12.3. The summed E-state index contributed by atoms with van der Waals surface area (Å²) in [5.74, 6) is -0.642. The minimum Gasteiger partial charge on any atom is -0.323 e. The van der Waals surface area contributed by atoms with Crippen LogP contribution in [0.4, 0.5) is 18.9 Å². The summed E-state index contributed by atoms with van der Waals surface area (Å²) in [5, 5.41) is 9.59. The van der Waals surface area contributed by atoms with Crippen molar-refractivity contribution in [1.82, 2.24) is 10.2 Å². The van der Waals surface area contributed by atoms with Crippen LogP contribution in [-0.2, 0) is 11.0 Å². The molecule has 1 fully saturated rings. The highest BCUT2D eigenvalue weighted by atomic mass is 19.4. The Kier molecular flexibility index (Phi) is 3.66. The van der Waals surface area contributed by atoms with E-state index in [1.807, 2.05) is 0 Å². The van der Waals surface area contributed by atoms with Crippen molar-refractivity contribution < 1.29 is 18.0 Å². The van der Waals surface area contributed by atoms with Crippen molar-refractivity contribution in [3.63, 3.8) is 0 Å². The molecule has 1 aliphatic rings. The van der Waals surface area contributed by atoms with Crippen LogP contribution in [0.1, 0.15) is 34.9 Å². The molecular formula is C16H16F3N3O. The van der Waals surface area contributed by atoms with Crippen LogP contribution in [0.5, 0.6) is 0 Å². The monoisotopic (exact) mass is 323 g/mol. The lowest BCUT2D eigenvalue weighted by Gasteiger charge is -2.09. The van der Waals surface area contributed by atoms with Crippen molar-refractivity contribution >= 4 is 11.6 Å². The Morgan fingerprint density at radius 1 is 1.35 bits per heavy atom. The molecular weight excluding hydrogens is 307 g/mol. The maximum absolute atomic E-state index is 12.8. The van der Waals surface area contributed by atoms with Crippen LogP contribution >= 0.6 is 0 Å².